The summed E-state index contributed by atoms with van der Waals surface area (Å²) in [5, 5.41) is 0.688. The fourth-order valence-corrected chi connectivity index (χ4v) is 5.24. The zero-order chi connectivity index (χ0) is 14.8. The first kappa shape index (κ1) is 15.4. The van der Waals surface area contributed by atoms with Gasteiger partial charge in [0, 0.05) is 6.04 Å². The Morgan fingerprint density at radius 2 is 2.15 bits per heavy atom. The van der Waals surface area contributed by atoms with Crippen LogP contribution in [0.4, 0.5) is 0 Å². The Labute approximate surface area is 122 Å². The fourth-order valence-electron chi connectivity index (χ4n) is 2.37. The Balaban J connectivity index is 2.31. The highest BCUT2D eigenvalue weighted by molar-refractivity contribution is 7.91. The molecule has 1 aromatic heterocycles. The molecule has 1 aromatic rings. The van der Waals surface area contributed by atoms with E-state index in [0.717, 1.165) is 37.0 Å². The number of ether oxygens (including phenoxy) is 1. The highest BCUT2D eigenvalue weighted by atomic mass is 32.2. The van der Waals surface area contributed by atoms with Crippen molar-refractivity contribution in [2.75, 3.05) is 13.7 Å². The largest absolute Gasteiger partial charge is 0.468 e. The molecule has 1 aliphatic carbocycles. The van der Waals surface area contributed by atoms with E-state index in [1.54, 1.807) is 6.92 Å². The molecule has 1 saturated carbocycles. The lowest BCUT2D eigenvalue weighted by Gasteiger charge is -2.26. The SMILES string of the molecule is COC(=O)CN(C1CCCC1)S(=O)(=O)c1cnc(C)s1. The molecule has 0 atom stereocenters. The van der Waals surface area contributed by atoms with Crippen LogP contribution in [-0.2, 0) is 19.6 Å². The monoisotopic (exact) mass is 318 g/mol. The first-order valence-electron chi connectivity index (χ1n) is 6.46. The molecule has 8 heteroatoms. The van der Waals surface area contributed by atoms with Gasteiger partial charge in [-0.2, -0.15) is 4.31 Å². The number of methoxy groups -OCH3 is 1. The fraction of sp³-hybridized carbons (Fsp3) is 0.667. The van der Waals surface area contributed by atoms with Gasteiger partial charge in [0.1, 0.15) is 6.54 Å². The Hall–Kier alpha value is -0.990. The maximum atomic E-state index is 12.7. The quantitative estimate of drug-likeness (QED) is 0.770. The van der Waals surface area contributed by atoms with Crippen molar-refractivity contribution in [2.45, 2.75) is 42.9 Å². The van der Waals surface area contributed by atoms with Crippen LogP contribution in [0.15, 0.2) is 10.4 Å². The van der Waals surface area contributed by atoms with Crippen molar-refractivity contribution in [3.8, 4) is 0 Å². The predicted octanol–water partition coefficient (Wildman–Crippen LogP) is 1.56. The van der Waals surface area contributed by atoms with Crippen molar-refractivity contribution in [2.24, 2.45) is 0 Å². The maximum Gasteiger partial charge on any atom is 0.321 e. The zero-order valence-corrected chi connectivity index (χ0v) is 13.2. The van der Waals surface area contributed by atoms with Crippen LogP contribution in [0.5, 0.6) is 0 Å². The van der Waals surface area contributed by atoms with Crippen LogP contribution >= 0.6 is 11.3 Å². The molecule has 0 radical (unpaired) electrons. The van der Waals surface area contributed by atoms with E-state index in [-0.39, 0.29) is 16.8 Å². The summed E-state index contributed by atoms with van der Waals surface area (Å²) in [6.45, 7) is 1.52. The molecule has 0 N–H and O–H groups in total. The lowest BCUT2D eigenvalue weighted by molar-refractivity contribution is -0.141. The Morgan fingerprint density at radius 1 is 1.50 bits per heavy atom. The standard InChI is InChI=1S/C12H18N2O4S2/c1-9-13-7-12(19-9)20(16,17)14(8-11(15)18-2)10-5-3-4-6-10/h7,10H,3-6,8H2,1-2H3. The first-order valence-corrected chi connectivity index (χ1v) is 8.72. The summed E-state index contributed by atoms with van der Waals surface area (Å²) in [6.07, 6.45) is 4.90. The average molecular weight is 318 g/mol. The van der Waals surface area contributed by atoms with Crippen molar-refractivity contribution in [3.63, 3.8) is 0 Å². The van der Waals surface area contributed by atoms with E-state index in [1.165, 1.54) is 17.6 Å². The third-order valence-electron chi connectivity index (χ3n) is 3.41. The third kappa shape index (κ3) is 3.18. The van der Waals surface area contributed by atoms with Crippen LogP contribution in [0.3, 0.4) is 0 Å². The summed E-state index contributed by atoms with van der Waals surface area (Å²) in [5.41, 5.74) is 0. The number of esters is 1. The Bertz CT molecular complexity index is 576. The molecule has 20 heavy (non-hydrogen) atoms. The summed E-state index contributed by atoms with van der Waals surface area (Å²) in [6, 6.07) is -0.124. The van der Waals surface area contributed by atoms with Gasteiger partial charge in [0.2, 0.25) is 0 Å². The molecule has 0 aromatic carbocycles. The molecule has 1 aliphatic rings. The average Bonchev–Trinajstić information content (AvgIpc) is 3.06. The molecule has 112 valence electrons. The van der Waals surface area contributed by atoms with Gasteiger partial charge in [-0.25, -0.2) is 13.4 Å². The van der Waals surface area contributed by atoms with Crippen molar-refractivity contribution < 1.29 is 17.9 Å². The number of carbonyl (C=O) groups is 1. The van der Waals surface area contributed by atoms with Gasteiger partial charge in [0.15, 0.2) is 4.21 Å². The minimum Gasteiger partial charge on any atom is -0.468 e. The minimum atomic E-state index is -3.68. The van der Waals surface area contributed by atoms with Crippen LogP contribution < -0.4 is 0 Å². The maximum absolute atomic E-state index is 12.7. The smallest absolute Gasteiger partial charge is 0.321 e. The van der Waals surface area contributed by atoms with Gasteiger partial charge in [-0.15, -0.1) is 11.3 Å². The van der Waals surface area contributed by atoms with Crippen molar-refractivity contribution >= 4 is 27.3 Å². The number of hydrogen-bond donors (Lipinski definition) is 0. The minimum absolute atomic E-state index is 0.124. The second-order valence-corrected chi connectivity index (χ2v) is 8.12. The van der Waals surface area contributed by atoms with Crippen LogP contribution in [-0.4, -0.2) is 43.4 Å². The number of thiazole rings is 1. The number of nitrogens with zero attached hydrogens (tertiary/aromatic N) is 2. The highest BCUT2D eigenvalue weighted by Gasteiger charge is 2.36. The van der Waals surface area contributed by atoms with E-state index in [9.17, 15) is 13.2 Å². The van der Waals surface area contributed by atoms with Crippen LogP contribution in [0.1, 0.15) is 30.7 Å². The van der Waals surface area contributed by atoms with E-state index in [0.29, 0.717) is 5.01 Å². The third-order valence-corrected chi connectivity index (χ3v) is 6.66. The van der Waals surface area contributed by atoms with Crippen LogP contribution in [0, 0.1) is 6.92 Å². The van der Waals surface area contributed by atoms with E-state index in [1.807, 2.05) is 0 Å². The lowest BCUT2D eigenvalue weighted by Crippen LogP contribution is -2.42. The molecule has 0 saturated heterocycles. The molecule has 0 unspecified atom stereocenters. The van der Waals surface area contributed by atoms with Crippen molar-refractivity contribution in [3.05, 3.63) is 11.2 Å². The van der Waals surface area contributed by atoms with Crippen molar-refractivity contribution in [1.82, 2.24) is 9.29 Å². The molecule has 0 bridgehead atoms. The molecule has 6 nitrogen and oxygen atoms in total. The molecule has 0 spiro atoms. The predicted molar refractivity (Wildman–Crippen MR) is 75.0 cm³/mol. The van der Waals surface area contributed by atoms with Gasteiger partial charge < -0.3 is 4.74 Å². The highest BCUT2D eigenvalue weighted by Crippen LogP contribution is 2.30. The zero-order valence-electron chi connectivity index (χ0n) is 11.5. The van der Waals surface area contributed by atoms with E-state index in [4.69, 9.17) is 0 Å². The molecule has 1 fully saturated rings. The van der Waals surface area contributed by atoms with Gasteiger partial charge in [0.05, 0.1) is 18.3 Å². The van der Waals surface area contributed by atoms with E-state index < -0.39 is 16.0 Å². The number of rotatable bonds is 5. The first-order chi connectivity index (χ1) is 9.45. The second kappa shape index (κ2) is 6.19. The molecule has 2 rings (SSSR count). The number of carbonyl (C=O) groups excluding carboxylic acids is 1. The Morgan fingerprint density at radius 3 is 2.65 bits per heavy atom. The number of aryl methyl sites for hydroxylation is 1. The molecule has 0 amide bonds. The summed E-state index contributed by atoms with van der Waals surface area (Å²) in [5.74, 6) is -0.540. The topological polar surface area (TPSA) is 76.6 Å². The molecule has 1 heterocycles. The van der Waals surface area contributed by atoms with Gasteiger partial charge in [-0.05, 0) is 19.8 Å². The summed E-state index contributed by atoms with van der Waals surface area (Å²) in [4.78, 5) is 15.5. The van der Waals surface area contributed by atoms with Crippen LogP contribution in [0.2, 0.25) is 0 Å². The molecular formula is C12H18N2O4S2. The van der Waals surface area contributed by atoms with E-state index >= 15 is 0 Å². The number of hydrogen-bond acceptors (Lipinski definition) is 6. The van der Waals surface area contributed by atoms with Crippen LogP contribution in [0.25, 0.3) is 0 Å². The second-order valence-electron chi connectivity index (χ2n) is 4.76. The number of sulfonamides is 1. The van der Waals surface area contributed by atoms with Gasteiger partial charge in [-0.1, -0.05) is 12.8 Å². The number of aromatic nitrogens is 1. The van der Waals surface area contributed by atoms with Gasteiger partial charge >= 0.3 is 5.97 Å². The Kier molecular flexibility index (Phi) is 4.77. The summed E-state index contributed by atoms with van der Waals surface area (Å²) >= 11 is 1.12. The van der Waals surface area contributed by atoms with Gasteiger partial charge in [0.25, 0.3) is 10.0 Å². The summed E-state index contributed by atoms with van der Waals surface area (Å²) < 4.78 is 31.4. The van der Waals surface area contributed by atoms with E-state index in [2.05, 4.69) is 9.72 Å². The molecular weight excluding hydrogens is 300 g/mol. The van der Waals surface area contributed by atoms with Gasteiger partial charge in [-0.3, -0.25) is 4.79 Å². The lowest BCUT2D eigenvalue weighted by atomic mass is 10.2. The normalized spacial score (nSPS) is 16.8. The van der Waals surface area contributed by atoms with Crippen molar-refractivity contribution in [1.29, 1.82) is 0 Å². The molecule has 0 aliphatic heterocycles. The summed E-state index contributed by atoms with van der Waals surface area (Å²) in [7, 11) is -2.42.